The standard InChI is InChI=1S/C17H28N4O2/c1-16(2,3)17(4)12-20(8-9-21(17)15(22)23)11-14-7-6-13(18-5)10-19-14/h6-7,10,18H,8-9,11-12H2,1-5H3,(H,22,23)/t17-/m1/s1. The van der Waals surface area contributed by atoms with Crippen molar-refractivity contribution in [1.29, 1.82) is 0 Å². The largest absolute Gasteiger partial charge is 0.465 e. The highest BCUT2D eigenvalue weighted by molar-refractivity contribution is 5.66. The Hall–Kier alpha value is -1.82. The Kier molecular flexibility index (Phi) is 4.84. The van der Waals surface area contributed by atoms with E-state index in [2.05, 4.69) is 36.0 Å². The van der Waals surface area contributed by atoms with Gasteiger partial charge in [0.15, 0.2) is 0 Å². The van der Waals surface area contributed by atoms with Gasteiger partial charge in [-0.2, -0.15) is 0 Å². The predicted octanol–water partition coefficient (Wildman–Crippen LogP) is 2.72. The fourth-order valence-corrected chi connectivity index (χ4v) is 3.07. The lowest BCUT2D eigenvalue weighted by atomic mass is 9.72. The number of nitrogens with one attached hydrogen (secondary N) is 1. The Morgan fingerprint density at radius 2 is 2.09 bits per heavy atom. The van der Waals surface area contributed by atoms with Crippen LogP contribution in [0.25, 0.3) is 0 Å². The number of aromatic nitrogens is 1. The molecule has 2 N–H and O–H groups in total. The summed E-state index contributed by atoms with van der Waals surface area (Å²) in [6, 6.07) is 4.03. The number of piperazine rings is 1. The molecule has 0 aliphatic carbocycles. The Morgan fingerprint density at radius 3 is 2.57 bits per heavy atom. The van der Waals surface area contributed by atoms with Gasteiger partial charge in [-0.25, -0.2) is 4.79 Å². The number of pyridine rings is 1. The van der Waals surface area contributed by atoms with Crippen molar-refractivity contribution in [3.05, 3.63) is 24.0 Å². The third kappa shape index (κ3) is 3.58. The molecule has 128 valence electrons. The first-order valence-electron chi connectivity index (χ1n) is 8.03. The molecule has 1 saturated heterocycles. The van der Waals surface area contributed by atoms with Crippen molar-refractivity contribution in [2.45, 2.75) is 39.8 Å². The van der Waals surface area contributed by atoms with Crippen molar-refractivity contribution in [3.8, 4) is 0 Å². The van der Waals surface area contributed by atoms with E-state index in [1.54, 1.807) is 4.90 Å². The summed E-state index contributed by atoms with van der Waals surface area (Å²) < 4.78 is 0. The zero-order valence-electron chi connectivity index (χ0n) is 14.8. The van der Waals surface area contributed by atoms with Crippen molar-refractivity contribution in [2.24, 2.45) is 5.41 Å². The van der Waals surface area contributed by atoms with Gasteiger partial charge in [-0.3, -0.25) is 14.8 Å². The minimum Gasteiger partial charge on any atom is -0.465 e. The number of carbonyl (C=O) groups is 1. The van der Waals surface area contributed by atoms with Crippen LogP contribution in [0.1, 0.15) is 33.4 Å². The fraction of sp³-hybridized carbons (Fsp3) is 0.647. The summed E-state index contributed by atoms with van der Waals surface area (Å²) in [5.74, 6) is 0. The lowest BCUT2D eigenvalue weighted by molar-refractivity contribution is -0.0464. The van der Waals surface area contributed by atoms with Gasteiger partial charge in [-0.15, -0.1) is 0 Å². The Bertz CT molecular complexity index is 553. The zero-order chi connectivity index (χ0) is 17.3. The lowest BCUT2D eigenvalue weighted by Gasteiger charge is -2.54. The Labute approximate surface area is 138 Å². The van der Waals surface area contributed by atoms with Crippen LogP contribution in [0.5, 0.6) is 0 Å². The van der Waals surface area contributed by atoms with E-state index in [1.807, 2.05) is 32.3 Å². The summed E-state index contributed by atoms with van der Waals surface area (Å²) >= 11 is 0. The van der Waals surface area contributed by atoms with Gasteiger partial charge < -0.3 is 10.4 Å². The first kappa shape index (κ1) is 17.5. The van der Waals surface area contributed by atoms with E-state index in [0.717, 1.165) is 24.5 Å². The van der Waals surface area contributed by atoms with E-state index < -0.39 is 11.6 Å². The van der Waals surface area contributed by atoms with Gasteiger partial charge in [0.2, 0.25) is 0 Å². The normalized spacial score (nSPS) is 22.9. The van der Waals surface area contributed by atoms with Gasteiger partial charge in [0.05, 0.1) is 23.1 Å². The second-order valence-corrected chi connectivity index (χ2v) is 7.46. The summed E-state index contributed by atoms with van der Waals surface area (Å²) in [7, 11) is 1.87. The summed E-state index contributed by atoms with van der Waals surface area (Å²) in [6.07, 6.45) is 0.991. The number of nitrogens with zero attached hydrogens (tertiary/aromatic N) is 3. The third-order valence-corrected chi connectivity index (χ3v) is 5.11. The molecule has 2 rings (SSSR count). The molecule has 1 aliphatic rings. The third-order valence-electron chi connectivity index (χ3n) is 5.11. The molecule has 23 heavy (non-hydrogen) atoms. The highest BCUT2D eigenvalue weighted by Gasteiger charge is 2.48. The van der Waals surface area contributed by atoms with E-state index in [1.165, 1.54) is 0 Å². The molecule has 1 aliphatic heterocycles. The second-order valence-electron chi connectivity index (χ2n) is 7.46. The number of hydrogen-bond acceptors (Lipinski definition) is 4. The number of carboxylic acid groups (broad SMARTS) is 1. The molecular formula is C17H28N4O2. The van der Waals surface area contributed by atoms with Crippen LogP contribution >= 0.6 is 0 Å². The van der Waals surface area contributed by atoms with Gasteiger partial charge >= 0.3 is 6.09 Å². The van der Waals surface area contributed by atoms with Crippen LogP contribution in [0.15, 0.2) is 18.3 Å². The van der Waals surface area contributed by atoms with Crippen LogP contribution in [-0.4, -0.2) is 58.2 Å². The Morgan fingerprint density at radius 1 is 1.39 bits per heavy atom. The first-order valence-corrected chi connectivity index (χ1v) is 8.03. The molecule has 0 spiro atoms. The molecule has 6 nitrogen and oxygen atoms in total. The average Bonchev–Trinajstić information content (AvgIpc) is 2.46. The minimum absolute atomic E-state index is 0.145. The molecular weight excluding hydrogens is 292 g/mol. The minimum atomic E-state index is -0.835. The second kappa shape index (κ2) is 6.35. The molecule has 1 aromatic rings. The predicted molar refractivity (Wildman–Crippen MR) is 91.7 cm³/mol. The van der Waals surface area contributed by atoms with Crippen LogP contribution in [0.3, 0.4) is 0 Å². The van der Waals surface area contributed by atoms with Gasteiger partial charge in [-0.1, -0.05) is 20.8 Å². The van der Waals surface area contributed by atoms with E-state index in [-0.39, 0.29) is 5.41 Å². The molecule has 1 fully saturated rings. The molecule has 2 heterocycles. The smallest absolute Gasteiger partial charge is 0.407 e. The van der Waals surface area contributed by atoms with E-state index in [9.17, 15) is 9.90 Å². The summed E-state index contributed by atoms with van der Waals surface area (Å²) in [5.41, 5.74) is 1.42. The van der Waals surface area contributed by atoms with E-state index in [4.69, 9.17) is 0 Å². The van der Waals surface area contributed by atoms with E-state index in [0.29, 0.717) is 13.1 Å². The molecule has 1 atom stereocenters. The number of hydrogen-bond donors (Lipinski definition) is 2. The topological polar surface area (TPSA) is 68.7 Å². The van der Waals surface area contributed by atoms with Gasteiger partial charge in [0, 0.05) is 33.2 Å². The maximum atomic E-state index is 11.6. The fourth-order valence-electron chi connectivity index (χ4n) is 3.07. The Balaban J connectivity index is 2.15. The molecule has 0 aromatic carbocycles. The molecule has 0 unspecified atom stereocenters. The van der Waals surface area contributed by atoms with Crippen molar-refractivity contribution < 1.29 is 9.90 Å². The van der Waals surface area contributed by atoms with E-state index >= 15 is 0 Å². The molecule has 0 bridgehead atoms. The van der Waals surface area contributed by atoms with Crippen LogP contribution < -0.4 is 5.32 Å². The van der Waals surface area contributed by atoms with Gasteiger partial charge in [-0.05, 0) is 24.5 Å². The number of amides is 1. The molecule has 1 amide bonds. The van der Waals surface area contributed by atoms with Crippen LogP contribution in [0.4, 0.5) is 10.5 Å². The zero-order valence-corrected chi connectivity index (χ0v) is 14.8. The van der Waals surface area contributed by atoms with Gasteiger partial charge in [0.25, 0.3) is 0 Å². The molecule has 6 heteroatoms. The van der Waals surface area contributed by atoms with Crippen LogP contribution in [0.2, 0.25) is 0 Å². The average molecular weight is 320 g/mol. The first-order chi connectivity index (χ1) is 10.7. The molecule has 0 saturated carbocycles. The number of anilines is 1. The quantitative estimate of drug-likeness (QED) is 0.896. The van der Waals surface area contributed by atoms with Gasteiger partial charge in [0.1, 0.15) is 0 Å². The molecule has 1 aromatic heterocycles. The highest BCUT2D eigenvalue weighted by atomic mass is 16.4. The SMILES string of the molecule is CNc1ccc(CN2CCN(C(=O)O)[C@@](C)(C(C)(C)C)C2)nc1. The van der Waals surface area contributed by atoms with Crippen LogP contribution in [0, 0.1) is 5.41 Å². The molecule has 0 radical (unpaired) electrons. The van der Waals surface area contributed by atoms with Crippen LogP contribution in [-0.2, 0) is 6.54 Å². The maximum absolute atomic E-state index is 11.6. The van der Waals surface area contributed by atoms with Crippen molar-refractivity contribution in [1.82, 2.24) is 14.8 Å². The number of rotatable bonds is 3. The highest BCUT2D eigenvalue weighted by Crippen LogP contribution is 2.38. The van der Waals surface area contributed by atoms with Crippen molar-refractivity contribution in [2.75, 3.05) is 32.0 Å². The van der Waals surface area contributed by atoms with Crippen molar-refractivity contribution >= 4 is 11.8 Å². The maximum Gasteiger partial charge on any atom is 0.407 e. The lowest BCUT2D eigenvalue weighted by Crippen LogP contribution is -2.67. The summed E-state index contributed by atoms with van der Waals surface area (Å²) in [4.78, 5) is 20.0. The van der Waals surface area contributed by atoms with Crippen molar-refractivity contribution in [3.63, 3.8) is 0 Å². The summed E-state index contributed by atoms with van der Waals surface area (Å²) in [6.45, 7) is 11.1. The monoisotopic (exact) mass is 320 g/mol. The summed E-state index contributed by atoms with van der Waals surface area (Å²) in [5, 5.41) is 12.6.